The number of carbonyl (C=O) groups excluding carboxylic acids is 2. The molecule has 7 heteroatoms. The average Bonchev–Trinajstić information content (AvgIpc) is 2.65. The number of methoxy groups -OCH3 is 1. The first kappa shape index (κ1) is 18.8. The van der Waals surface area contributed by atoms with Gasteiger partial charge in [0.25, 0.3) is 5.91 Å². The molecule has 0 atom stereocenters. The summed E-state index contributed by atoms with van der Waals surface area (Å²) in [5, 5.41) is 4.76. The van der Waals surface area contributed by atoms with E-state index in [0.29, 0.717) is 22.1 Å². The maximum atomic E-state index is 12.7. The number of hydrogen-bond donors (Lipinski definition) is 2. The van der Waals surface area contributed by atoms with Gasteiger partial charge < -0.3 is 10.1 Å². The molecule has 0 spiro atoms. The third-order valence-corrected chi connectivity index (χ3v) is 4.70. The number of anilines is 2. The van der Waals surface area contributed by atoms with Crippen molar-refractivity contribution in [1.82, 2.24) is 5.43 Å². The molecule has 140 valence electrons. The van der Waals surface area contributed by atoms with Crippen molar-refractivity contribution in [2.45, 2.75) is 20.3 Å². The van der Waals surface area contributed by atoms with E-state index < -0.39 is 0 Å². The van der Waals surface area contributed by atoms with Crippen LogP contribution in [0.2, 0.25) is 5.02 Å². The summed E-state index contributed by atoms with van der Waals surface area (Å²) >= 11 is 6.11. The highest BCUT2D eigenvalue weighted by Gasteiger charge is 2.25. The monoisotopic (exact) mass is 385 g/mol. The van der Waals surface area contributed by atoms with E-state index in [1.807, 2.05) is 38.1 Å². The molecule has 0 radical (unpaired) electrons. The molecule has 0 bridgehead atoms. The number of para-hydroxylation sites is 1. The molecule has 0 fully saturated rings. The number of ether oxygens (including phenoxy) is 1. The Morgan fingerprint density at radius 3 is 2.67 bits per heavy atom. The highest BCUT2D eigenvalue weighted by molar-refractivity contribution is 6.31. The third kappa shape index (κ3) is 3.90. The van der Waals surface area contributed by atoms with Crippen molar-refractivity contribution in [3.63, 3.8) is 0 Å². The zero-order chi connectivity index (χ0) is 19.6. The summed E-state index contributed by atoms with van der Waals surface area (Å²) in [6, 6.07) is 10.9. The van der Waals surface area contributed by atoms with Crippen LogP contribution in [-0.4, -0.2) is 18.9 Å². The lowest BCUT2D eigenvalue weighted by Crippen LogP contribution is -2.48. The zero-order valence-electron chi connectivity index (χ0n) is 15.3. The highest BCUT2D eigenvalue weighted by Crippen LogP contribution is 2.31. The topological polar surface area (TPSA) is 70.7 Å². The van der Waals surface area contributed by atoms with Gasteiger partial charge >= 0.3 is 0 Å². The molecule has 0 saturated heterocycles. The lowest BCUT2D eigenvalue weighted by molar-refractivity contribution is -0.119. The van der Waals surface area contributed by atoms with Crippen molar-refractivity contribution >= 4 is 34.8 Å². The van der Waals surface area contributed by atoms with Crippen LogP contribution < -0.4 is 20.5 Å². The first-order valence-electron chi connectivity index (χ1n) is 8.41. The van der Waals surface area contributed by atoms with E-state index in [1.165, 1.54) is 12.1 Å². The largest absolute Gasteiger partial charge is 0.495 e. The number of rotatable bonds is 4. The molecular formula is C20H20ClN3O3. The van der Waals surface area contributed by atoms with E-state index >= 15 is 0 Å². The SMILES string of the molecule is COc1cc(Cl)c(C)cc1NC(=O)C1=CCC(=O)N(c2ccccc2C)N1. The van der Waals surface area contributed by atoms with Crippen molar-refractivity contribution in [3.8, 4) is 5.75 Å². The fourth-order valence-electron chi connectivity index (χ4n) is 2.78. The first-order chi connectivity index (χ1) is 12.9. The molecule has 1 aliphatic heterocycles. The van der Waals surface area contributed by atoms with Crippen molar-refractivity contribution in [2.24, 2.45) is 0 Å². The van der Waals surface area contributed by atoms with Gasteiger partial charge in [0.15, 0.2) is 0 Å². The Kier molecular flexibility index (Phi) is 5.37. The number of halogens is 1. The van der Waals surface area contributed by atoms with E-state index in [9.17, 15) is 9.59 Å². The molecule has 2 aromatic rings. The number of hydrogen-bond acceptors (Lipinski definition) is 4. The second-order valence-corrected chi connectivity index (χ2v) is 6.61. The zero-order valence-corrected chi connectivity index (χ0v) is 16.1. The fourth-order valence-corrected chi connectivity index (χ4v) is 2.93. The number of amides is 2. The molecule has 2 aromatic carbocycles. The summed E-state index contributed by atoms with van der Waals surface area (Å²) in [6.45, 7) is 3.75. The van der Waals surface area contributed by atoms with Gasteiger partial charge in [0.1, 0.15) is 11.4 Å². The molecule has 0 saturated carbocycles. The van der Waals surface area contributed by atoms with Crippen LogP contribution in [0.1, 0.15) is 17.5 Å². The Hall–Kier alpha value is -2.99. The van der Waals surface area contributed by atoms with Crippen molar-refractivity contribution in [1.29, 1.82) is 0 Å². The average molecular weight is 386 g/mol. The van der Waals surface area contributed by atoms with Crippen LogP contribution in [0, 0.1) is 13.8 Å². The molecule has 27 heavy (non-hydrogen) atoms. The molecule has 0 unspecified atom stereocenters. The van der Waals surface area contributed by atoms with Crippen LogP contribution in [0.15, 0.2) is 48.2 Å². The number of hydrazine groups is 1. The van der Waals surface area contributed by atoms with E-state index in [1.54, 1.807) is 18.2 Å². The van der Waals surface area contributed by atoms with Crippen molar-refractivity contribution in [2.75, 3.05) is 17.4 Å². The number of benzene rings is 2. The number of aryl methyl sites for hydroxylation is 2. The van der Waals surface area contributed by atoms with E-state index in [2.05, 4.69) is 10.7 Å². The van der Waals surface area contributed by atoms with Gasteiger partial charge in [-0.05, 0) is 43.2 Å². The Bertz CT molecular complexity index is 940. The Morgan fingerprint density at radius 1 is 1.22 bits per heavy atom. The first-order valence-corrected chi connectivity index (χ1v) is 8.79. The maximum absolute atomic E-state index is 12.7. The van der Waals surface area contributed by atoms with Crippen LogP contribution in [0.4, 0.5) is 11.4 Å². The molecule has 0 aliphatic carbocycles. The predicted molar refractivity (Wildman–Crippen MR) is 106 cm³/mol. The normalized spacial score (nSPS) is 13.7. The molecule has 2 amide bonds. The number of carbonyl (C=O) groups is 2. The molecule has 1 aliphatic rings. The van der Waals surface area contributed by atoms with E-state index in [0.717, 1.165) is 11.1 Å². The maximum Gasteiger partial charge on any atom is 0.273 e. The quantitative estimate of drug-likeness (QED) is 0.841. The Labute approximate surface area is 162 Å². The molecular weight excluding hydrogens is 366 g/mol. The fraction of sp³-hybridized carbons (Fsp3) is 0.200. The van der Waals surface area contributed by atoms with Crippen molar-refractivity contribution < 1.29 is 14.3 Å². The van der Waals surface area contributed by atoms with E-state index in [-0.39, 0.29) is 23.9 Å². The molecule has 3 rings (SSSR count). The molecule has 1 heterocycles. The third-order valence-electron chi connectivity index (χ3n) is 4.29. The second-order valence-electron chi connectivity index (χ2n) is 6.21. The molecule has 6 nitrogen and oxygen atoms in total. The minimum Gasteiger partial charge on any atom is -0.495 e. The minimum absolute atomic E-state index is 0.126. The lowest BCUT2D eigenvalue weighted by Gasteiger charge is -2.29. The summed E-state index contributed by atoms with van der Waals surface area (Å²) < 4.78 is 5.29. The van der Waals surface area contributed by atoms with Gasteiger partial charge in [-0.2, -0.15) is 0 Å². The van der Waals surface area contributed by atoms with Gasteiger partial charge in [-0.1, -0.05) is 29.8 Å². The molecule has 0 aromatic heterocycles. The van der Waals surface area contributed by atoms with E-state index in [4.69, 9.17) is 16.3 Å². The second kappa shape index (κ2) is 7.72. The lowest BCUT2D eigenvalue weighted by atomic mass is 10.1. The van der Waals surface area contributed by atoms with Crippen LogP contribution in [-0.2, 0) is 9.59 Å². The Morgan fingerprint density at radius 2 is 1.96 bits per heavy atom. The Balaban J connectivity index is 1.83. The van der Waals surface area contributed by atoms with Gasteiger partial charge in [0.05, 0.1) is 18.5 Å². The highest BCUT2D eigenvalue weighted by atomic mass is 35.5. The van der Waals surface area contributed by atoms with Gasteiger partial charge in [-0.3, -0.25) is 15.0 Å². The smallest absolute Gasteiger partial charge is 0.273 e. The van der Waals surface area contributed by atoms with Crippen LogP contribution in [0.5, 0.6) is 5.75 Å². The number of nitrogens with one attached hydrogen (secondary N) is 2. The van der Waals surface area contributed by atoms with Crippen LogP contribution in [0.3, 0.4) is 0 Å². The number of nitrogens with zero attached hydrogens (tertiary/aromatic N) is 1. The molecule has 2 N–H and O–H groups in total. The summed E-state index contributed by atoms with van der Waals surface area (Å²) in [5.74, 6) is -0.0518. The van der Waals surface area contributed by atoms with Gasteiger partial charge in [0, 0.05) is 17.5 Å². The standard InChI is InChI=1S/C20H20ClN3O3/c1-12-6-4-5-7-17(12)24-19(25)9-8-15(23-24)20(26)22-16-10-13(2)14(21)11-18(16)27-3/h4-8,10-11,23H,9H2,1-3H3,(H,22,26). The summed E-state index contributed by atoms with van der Waals surface area (Å²) in [6.07, 6.45) is 1.70. The summed E-state index contributed by atoms with van der Waals surface area (Å²) in [5.41, 5.74) is 6.15. The summed E-state index contributed by atoms with van der Waals surface area (Å²) in [4.78, 5) is 25.0. The predicted octanol–water partition coefficient (Wildman–Crippen LogP) is 3.73. The summed E-state index contributed by atoms with van der Waals surface area (Å²) in [7, 11) is 1.51. The minimum atomic E-state index is -0.374. The van der Waals surface area contributed by atoms with Gasteiger partial charge in [-0.15, -0.1) is 0 Å². The van der Waals surface area contributed by atoms with Gasteiger partial charge in [0.2, 0.25) is 5.91 Å². The van der Waals surface area contributed by atoms with Crippen molar-refractivity contribution in [3.05, 3.63) is 64.3 Å². The van der Waals surface area contributed by atoms with Gasteiger partial charge in [-0.25, -0.2) is 5.01 Å². The van der Waals surface area contributed by atoms with Crippen LogP contribution in [0.25, 0.3) is 0 Å². The van der Waals surface area contributed by atoms with Crippen LogP contribution >= 0.6 is 11.6 Å².